The van der Waals surface area contributed by atoms with Crippen molar-refractivity contribution in [2.45, 2.75) is 24.8 Å². The molecule has 5 rings (SSSR count). The van der Waals surface area contributed by atoms with Crippen molar-refractivity contribution in [3.8, 4) is 22.4 Å². The van der Waals surface area contributed by atoms with Crippen LogP contribution in [0.2, 0.25) is 5.02 Å². The molecule has 0 aliphatic rings. The molecule has 5 aromatic rings. The van der Waals surface area contributed by atoms with Crippen LogP contribution in [0.25, 0.3) is 33.3 Å². The SMILES string of the molecule is COCCNc1ccc(-c2cnc(N)c3c(-c4ccc(NS(=O)(=O)c5ccccc5Cl)c(F)c4)nn(C(C)C)c23)cc1. The van der Waals surface area contributed by atoms with E-state index in [9.17, 15) is 8.42 Å². The summed E-state index contributed by atoms with van der Waals surface area (Å²) in [7, 11) is -2.47. The molecule has 0 atom stereocenters. The van der Waals surface area contributed by atoms with Gasteiger partial charge in [0.2, 0.25) is 0 Å². The zero-order chi connectivity index (χ0) is 30.0. The summed E-state index contributed by atoms with van der Waals surface area (Å²) in [5, 5.41) is 8.73. The van der Waals surface area contributed by atoms with E-state index in [1.165, 1.54) is 30.3 Å². The number of fused-ring (bicyclic) bond motifs is 1. The van der Waals surface area contributed by atoms with Gasteiger partial charge in [-0.05, 0) is 55.8 Å². The smallest absolute Gasteiger partial charge is 0.263 e. The molecule has 9 nitrogen and oxygen atoms in total. The summed E-state index contributed by atoms with van der Waals surface area (Å²) in [5.41, 5.74) is 10.5. The largest absolute Gasteiger partial charge is 0.383 e. The second-order valence-corrected chi connectivity index (χ2v) is 12.0. The number of nitrogens with one attached hydrogen (secondary N) is 2. The molecule has 0 saturated heterocycles. The van der Waals surface area contributed by atoms with E-state index in [0.717, 1.165) is 22.3 Å². The second-order valence-electron chi connectivity index (χ2n) is 9.90. The Morgan fingerprint density at radius 1 is 1.07 bits per heavy atom. The minimum absolute atomic E-state index is 0.0310. The number of nitrogens with two attached hydrogens (primary N) is 1. The van der Waals surface area contributed by atoms with E-state index in [2.05, 4.69) is 15.0 Å². The first-order valence-electron chi connectivity index (χ1n) is 13.2. The van der Waals surface area contributed by atoms with Gasteiger partial charge in [-0.25, -0.2) is 17.8 Å². The fourth-order valence-electron chi connectivity index (χ4n) is 4.65. The highest BCUT2D eigenvalue weighted by Gasteiger charge is 2.23. The van der Waals surface area contributed by atoms with Gasteiger partial charge in [0.1, 0.15) is 22.2 Å². The summed E-state index contributed by atoms with van der Waals surface area (Å²) < 4.78 is 50.4. The number of hydrogen-bond acceptors (Lipinski definition) is 7. The summed E-state index contributed by atoms with van der Waals surface area (Å²) >= 11 is 6.06. The number of anilines is 3. The van der Waals surface area contributed by atoms with E-state index >= 15 is 4.39 Å². The molecule has 3 aromatic carbocycles. The van der Waals surface area contributed by atoms with Crippen LogP contribution in [-0.2, 0) is 14.8 Å². The Balaban J connectivity index is 1.55. The van der Waals surface area contributed by atoms with Crippen LogP contribution in [-0.4, -0.2) is 43.4 Å². The topological polar surface area (TPSA) is 124 Å². The molecule has 0 aliphatic carbocycles. The average Bonchev–Trinajstić information content (AvgIpc) is 3.37. The van der Waals surface area contributed by atoms with Crippen LogP contribution in [0.1, 0.15) is 19.9 Å². The predicted octanol–water partition coefficient (Wildman–Crippen LogP) is 6.58. The maximum absolute atomic E-state index is 15.4. The summed E-state index contributed by atoms with van der Waals surface area (Å²) in [5.74, 6) is -0.535. The summed E-state index contributed by atoms with van der Waals surface area (Å²) in [6.45, 7) is 5.26. The van der Waals surface area contributed by atoms with E-state index < -0.39 is 15.8 Å². The lowest BCUT2D eigenvalue weighted by molar-refractivity contribution is 0.211. The Hall–Kier alpha value is -4.19. The standard InChI is InChI=1S/C30H30ClFN6O3S/c1-18(2)38-29-22(19-8-11-21(12-9-19)34-14-15-41-3)17-35-30(33)27(29)28(36-38)20-10-13-25(24(32)16-20)37-42(39,40)26-7-5-4-6-23(26)31/h4-13,16-18,34,37H,14-15H2,1-3H3,(H2,33,35). The van der Waals surface area contributed by atoms with Gasteiger partial charge in [-0.1, -0.05) is 41.9 Å². The lowest BCUT2D eigenvalue weighted by Crippen LogP contribution is -2.14. The minimum atomic E-state index is -4.12. The molecule has 0 saturated carbocycles. The maximum atomic E-state index is 15.4. The molecule has 0 unspecified atom stereocenters. The summed E-state index contributed by atoms with van der Waals surface area (Å²) in [4.78, 5) is 4.30. The number of rotatable bonds is 10. The molecule has 42 heavy (non-hydrogen) atoms. The number of nitrogens with zero attached hydrogens (tertiary/aromatic N) is 3. The van der Waals surface area contributed by atoms with Crippen molar-refractivity contribution in [3.63, 3.8) is 0 Å². The first-order valence-corrected chi connectivity index (χ1v) is 15.0. The molecular weight excluding hydrogens is 579 g/mol. The molecule has 218 valence electrons. The van der Waals surface area contributed by atoms with E-state index in [0.29, 0.717) is 29.8 Å². The van der Waals surface area contributed by atoms with E-state index in [4.69, 9.17) is 27.2 Å². The fourth-order valence-corrected chi connectivity index (χ4v) is 6.24. The number of halogens is 2. The third kappa shape index (κ3) is 5.76. The number of benzene rings is 3. The number of ether oxygens (including phenoxy) is 1. The van der Waals surface area contributed by atoms with Crippen molar-refractivity contribution in [2.75, 3.05) is 36.0 Å². The highest BCUT2D eigenvalue weighted by Crippen LogP contribution is 2.39. The Morgan fingerprint density at radius 2 is 1.79 bits per heavy atom. The van der Waals surface area contributed by atoms with Gasteiger partial charge in [0.15, 0.2) is 0 Å². The third-order valence-electron chi connectivity index (χ3n) is 6.69. The van der Waals surface area contributed by atoms with Crippen molar-refractivity contribution in [1.29, 1.82) is 0 Å². The van der Waals surface area contributed by atoms with Crippen LogP contribution in [0.3, 0.4) is 0 Å². The first kappa shape index (κ1) is 29.3. The quantitative estimate of drug-likeness (QED) is 0.153. The monoisotopic (exact) mass is 608 g/mol. The molecule has 0 fully saturated rings. The molecule has 2 heterocycles. The van der Waals surface area contributed by atoms with Gasteiger partial charge in [-0.2, -0.15) is 5.10 Å². The fraction of sp³-hybridized carbons (Fsp3) is 0.200. The number of nitrogen functional groups attached to an aromatic ring is 1. The molecule has 0 aliphatic heterocycles. The minimum Gasteiger partial charge on any atom is -0.383 e. The Morgan fingerprint density at radius 3 is 2.45 bits per heavy atom. The van der Waals surface area contributed by atoms with Crippen LogP contribution in [0.4, 0.5) is 21.6 Å². The number of methoxy groups -OCH3 is 1. The van der Waals surface area contributed by atoms with E-state index in [-0.39, 0.29) is 27.5 Å². The molecule has 2 aromatic heterocycles. The second kappa shape index (κ2) is 12.0. The summed E-state index contributed by atoms with van der Waals surface area (Å²) in [6, 6.07) is 18.0. The summed E-state index contributed by atoms with van der Waals surface area (Å²) in [6.07, 6.45) is 1.71. The Labute approximate surface area is 248 Å². The molecule has 0 bridgehead atoms. The van der Waals surface area contributed by atoms with Crippen molar-refractivity contribution in [1.82, 2.24) is 14.8 Å². The van der Waals surface area contributed by atoms with Gasteiger partial charge in [0.05, 0.1) is 28.2 Å². The number of pyridine rings is 1. The van der Waals surface area contributed by atoms with E-state index in [1.807, 2.05) is 42.8 Å². The third-order valence-corrected chi connectivity index (χ3v) is 8.55. The van der Waals surface area contributed by atoms with Crippen molar-refractivity contribution < 1.29 is 17.5 Å². The zero-order valence-electron chi connectivity index (χ0n) is 23.2. The van der Waals surface area contributed by atoms with Gasteiger partial charge in [-0.3, -0.25) is 9.40 Å². The highest BCUT2D eigenvalue weighted by atomic mass is 35.5. The lowest BCUT2D eigenvalue weighted by atomic mass is 10.0. The van der Waals surface area contributed by atoms with Gasteiger partial charge >= 0.3 is 0 Å². The maximum Gasteiger partial charge on any atom is 0.263 e. The van der Waals surface area contributed by atoms with E-state index in [1.54, 1.807) is 25.4 Å². The van der Waals surface area contributed by atoms with Gasteiger partial charge in [0, 0.05) is 42.7 Å². The molecular formula is C30H30ClFN6O3S. The number of aromatic nitrogens is 3. The lowest BCUT2D eigenvalue weighted by Gasteiger charge is -2.12. The molecule has 12 heteroatoms. The van der Waals surface area contributed by atoms with Crippen LogP contribution < -0.4 is 15.8 Å². The van der Waals surface area contributed by atoms with Crippen LogP contribution >= 0.6 is 11.6 Å². The first-order chi connectivity index (χ1) is 20.1. The zero-order valence-corrected chi connectivity index (χ0v) is 24.8. The van der Waals surface area contributed by atoms with Crippen molar-refractivity contribution in [2.24, 2.45) is 0 Å². The van der Waals surface area contributed by atoms with Crippen molar-refractivity contribution in [3.05, 3.63) is 83.8 Å². The average molecular weight is 609 g/mol. The van der Waals surface area contributed by atoms with Gasteiger partial charge in [-0.15, -0.1) is 0 Å². The highest BCUT2D eigenvalue weighted by molar-refractivity contribution is 7.92. The van der Waals surface area contributed by atoms with Crippen LogP contribution in [0, 0.1) is 5.82 Å². The van der Waals surface area contributed by atoms with Crippen LogP contribution in [0.5, 0.6) is 0 Å². The normalized spacial score (nSPS) is 11.8. The van der Waals surface area contributed by atoms with Crippen molar-refractivity contribution >= 4 is 49.7 Å². The molecule has 4 N–H and O–H groups in total. The Bertz CT molecular complexity index is 1860. The predicted molar refractivity (Wildman–Crippen MR) is 166 cm³/mol. The molecule has 0 spiro atoms. The molecule has 0 radical (unpaired) electrons. The number of sulfonamides is 1. The number of hydrogen-bond donors (Lipinski definition) is 3. The molecule has 0 amide bonds. The van der Waals surface area contributed by atoms with Gasteiger partial charge < -0.3 is 15.8 Å². The Kier molecular flexibility index (Phi) is 8.35. The van der Waals surface area contributed by atoms with Crippen LogP contribution in [0.15, 0.2) is 77.8 Å². The van der Waals surface area contributed by atoms with Gasteiger partial charge in [0.25, 0.3) is 10.0 Å².